The molecule has 0 fully saturated rings. The third kappa shape index (κ3) is 0.463. The van der Waals surface area contributed by atoms with Gasteiger partial charge in [0.25, 0.3) is 0 Å². The molecule has 0 atom stereocenters. The van der Waals surface area contributed by atoms with E-state index in [2.05, 4.69) is 23.1 Å². The molecule has 0 amide bonds. The zero-order valence-electron chi connectivity index (χ0n) is 2.96. The number of nitrogens with one attached hydrogen (secondary N) is 1. The van der Waals surface area contributed by atoms with Gasteiger partial charge in [0.1, 0.15) is 6.20 Å². The Kier molecular flexibility index (Phi) is 0.719. The van der Waals surface area contributed by atoms with Crippen LogP contribution in [-0.4, -0.2) is 10.3 Å². The average molecular weight is 101 g/mol. The highest BCUT2D eigenvalue weighted by atomic mass is 32.1. The predicted octanol–water partition coefficient (Wildman–Crippen LogP) is -0.993. The summed E-state index contributed by atoms with van der Waals surface area (Å²) < 4.78 is 1.28. The number of H-pyrrole nitrogens is 1. The molecule has 0 spiro atoms. The molecule has 3 nitrogen and oxygen atoms in total. The molecule has 0 aliphatic rings. The number of rotatable bonds is 0. The minimum Gasteiger partial charge on any atom is -0.527 e. The Hall–Kier alpha value is -0.640. The highest BCUT2D eigenvalue weighted by Crippen LogP contribution is 1.53. The van der Waals surface area contributed by atoms with Gasteiger partial charge in [0.15, 0.2) is 6.20 Å². The van der Waals surface area contributed by atoms with Crippen molar-refractivity contribution in [3.05, 3.63) is 12.4 Å². The van der Waals surface area contributed by atoms with Crippen molar-refractivity contribution in [3.8, 4) is 0 Å². The zero-order chi connectivity index (χ0) is 4.41. The van der Waals surface area contributed by atoms with E-state index < -0.39 is 0 Å². The van der Waals surface area contributed by atoms with Gasteiger partial charge in [-0.05, 0) is 0 Å². The fourth-order valence-corrected chi connectivity index (χ4v) is 0.329. The number of aromatic amines is 1. The minimum atomic E-state index is 1.28. The van der Waals surface area contributed by atoms with E-state index in [0.29, 0.717) is 0 Å². The summed E-state index contributed by atoms with van der Waals surface area (Å²) in [5.41, 5.74) is 0. The standard InChI is InChI=1S/C2H3N3S/c6-5-2-1-3-4-5/h1-3H. The highest BCUT2D eigenvalue weighted by molar-refractivity contribution is 7.50. The Labute approximate surface area is 40.5 Å². The van der Waals surface area contributed by atoms with Gasteiger partial charge in [-0.1, -0.05) is 0 Å². The van der Waals surface area contributed by atoms with Crippen LogP contribution >= 0.6 is 0 Å². The molecule has 1 aromatic heterocycles. The lowest BCUT2D eigenvalue weighted by Gasteiger charge is -1.82. The first-order valence-electron chi connectivity index (χ1n) is 1.49. The van der Waals surface area contributed by atoms with E-state index in [1.54, 1.807) is 12.4 Å². The van der Waals surface area contributed by atoms with Crippen LogP contribution in [0.5, 0.6) is 0 Å². The molecule has 0 saturated carbocycles. The molecule has 1 N–H and O–H groups in total. The molecule has 0 radical (unpaired) electrons. The minimum absolute atomic E-state index is 1.28. The Balaban J connectivity index is 3.05. The van der Waals surface area contributed by atoms with Gasteiger partial charge < -0.3 is 12.8 Å². The Morgan fingerprint density at radius 2 is 2.67 bits per heavy atom. The van der Waals surface area contributed by atoms with Gasteiger partial charge in [-0.2, -0.15) is 5.10 Å². The summed E-state index contributed by atoms with van der Waals surface area (Å²) in [6.45, 7) is 0. The number of hydrogen-bond acceptors (Lipinski definition) is 2. The van der Waals surface area contributed by atoms with Gasteiger partial charge in [0.2, 0.25) is 0 Å². The van der Waals surface area contributed by atoms with E-state index in [4.69, 9.17) is 0 Å². The molecule has 1 aromatic rings. The molecule has 6 heavy (non-hydrogen) atoms. The van der Waals surface area contributed by atoms with Gasteiger partial charge in [0.05, 0.1) is 5.21 Å². The van der Waals surface area contributed by atoms with Crippen LogP contribution in [-0.2, 0) is 12.8 Å². The van der Waals surface area contributed by atoms with Crippen molar-refractivity contribution in [3.63, 3.8) is 0 Å². The molecule has 0 aromatic carbocycles. The molecule has 0 aliphatic carbocycles. The largest absolute Gasteiger partial charge is 0.527 e. The lowest BCUT2D eigenvalue weighted by atomic mass is 11.0. The monoisotopic (exact) mass is 101 g/mol. The van der Waals surface area contributed by atoms with Gasteiger partial charge in [-0.15, -0.1) is 0 Å². The normalized spacial score (nSPS) is 8.67. The third-order valence-electron chi connectivity index (χ3n) is 0.433. The Bertz CT molecular complexity index is 112. The number of aromatic nitrogens is 3. The van der Waals surface area contributed by atoms with Crippen LogP contribution in [0.15, 0.2) is 12.4 Å². The Morgan fingerprint density at radius 1 is 1.83 bits per heavy atom. The van der Waals surface area contributed by atoms with Crippen LogP contribution in [0.4, 0.5) is 0 Å². The third-order valence-corrected chi connectivity index (χ3v) is 0.636. The quantitative estimate of drug-likeness (QED) is 0.336. The fraction of sp³-hybridized carbons (Fsp3) is 0. The Morgan fingerprint density at radius 3 is 2.83 bits per heavy atom. The number of nitrogens with zero attached hydrogens (tertiary/aromatic N) is 2. The molecule has 0 saturated heterocycles. The maximum atomic E-state index is 4.52. The van der Waals surface area contributed by atoms with Crippen LogP contribution in [0, 0.1) is 0 Å². The second kappa shape index (κ2) is 1.22. The van der Waals surface area contributed by atoms with Gasteiger partial charge >= 0.3 is 0 Å². The van der Waals surface area contributed by atoms with E-state index in [-0.39, 0.29) is 0 Å². The molecular formula is C2H3N3S. The summed E-state index contributed by atoms with van der Waals surface area (Å²) in [6.07, 6.45) is 3.31. The first-order valence-corrected chi connectivity index (χ1v) is 1.85. The van der Waals surface area contributed by atoms with E-state index >= 15 is 0 Å². The molecule has 0 unspecified atom stereocenters. The van der Waals surface area contributed by atoms with Crippen molar-refractivity contribution >= 4 is 12.8 Å². The molecule has 1 heterocycles. The van der Waals surface area contributed by atoms with Crippen molar-refractivity contribution in [2.45, 2.75) is 0 Å². The van der Waals surface area contributed by atoms with E-state index in [0.717, 1.165) is 0 Å². The second-order valence-corrected chi connectivity index (χ2v) is 1.22. The highest BCUT2D eigenvalue weighted by Gasteiger charge is 1.73. The first-order chi connectivity index (χ1) is 2.89. The maximum absolute atomic E-state index is 4.52. The van der Waals surface area contributed by atoms with Crippen LogP contribution in [0.2, 0.25) is 0 Å². The predicted molar refractivity (Wildman–Crippen MR) is 21.5 cm³/mol. The average Bonchev–Trinajstić information content (AvgIpc) is 1.86. The summed E-state index contributed by atoms with van der Waals surface area (Å²) in [4.78, 5) is 0. The topological polar surface area (TPSA) is 32.6 Å². The molecule has 4 heteroatoms. The second-order valence-electron chi connectivity index (χ2n) is 0.847. The van der Waals surface area contributed by atoms with E-state index in [1.807, 2.05) is 0 Å². The summed E-state index contributed by atoms with van der Waals surface area (Å²) in [5.74, 6) is 0. The van der Waals surface area contributed by atoms with Crippen molar-refractivity contribution in [2.24, 2.45) is 0 Å². The SMILES string of the molecule is [S-][n+]1cc[nH]n1. The van der Waals surface area contributed by atoms with Crippen molar-refractivity contribution in [2.75, 3.05) is 0 Å². The van der Waals surface area contributed by atoms with Gasteiger partial charge in [-0.3, -0.25) is 0 Å². The van der Waals surface area contributed by atoms with E-state index in [9.17, 15) is 0 Å². The zero-order valence-corrected chi connectivity index (χ0v) is 3.77. The summed E-state index contributed by atoms with van der Waals surface area (Å²) in [6, 6.07) is 0. The molecule has 0 bridgehead atoms. The van der Waals surface area contributed by atoms with Crippen molar-refractivity contribution in [1.29, 1.82) is 0 Å². The number of hydrogen-bond donors (Lipinski definition) is 1. The van der Waals surface area contributed by atoms with Gasteiger partial charge in [-0.25, -0.2) is 4.09 Å². The first kappa shape index (κ1) is 3.55. The molecular weight excluding hydrogens is 98.1 g/mol. The molecule has 32 valence electrons. The summed E-state index contributed by atoms with van der Waals surface area (Å²) in [7, 11) is 0. The maximum Gasteiger partial charge on any atom is 0.150 e. The lowest BCUT2D eigenvalue weighted by molar-refractivity contribution is -0.563. The van der Waals surface area contributed by atoms with Gasteiger partial charge in [0, 0.05) is 0 Å². The fourth-order valence-electron chi connectivity index (χ4n) is 0.221. The smallest absolute Gasteiger partial charge is 0.150 e. The van der Waals surface area contributed by atoms with Crippen LogP contribution < -0.4 is 4.09 Å². The van der Waals surface area contributed by atoms with E-state index in [1.165, 1.54) is 4.09 Å². The summed E-state index contributed by atoms with van der Waals surface area (Å²) >= 11 is 4.52. The summed E-state index contributed by atoms with van der Waals surface area (Å²) in [5, 5.41) is 6.06. The molecule has 1 rings (SSSR count). The van der Waals surface area contributed by atoms with Crippen molar-refractivity contribution in [1.82, 2.24) is 10.3 Å². The van der Waals surface area contributed by atoms with Crippen LogP contribution in [0.3, 0.4) is 0 Å². The van der Waals surface area contributed by atoms with Crippen LogP contribution in [0.1, 0.15) is 0 Å². The van der Waals surface area contributed by atoms with Crippen LogP contribution in [0.25, 0.3) is 0 Å². The van der Waals surface area contributed by atoms with Crippen molar-refractivity contribution < 1.29 is 4.09 Å². The lowest BCUT2D eigenvalue weighted by Crippen LogP contribution is -2.26. The molecule has 0 aliphatic heterocycles.